The SMILES string of the molecule is C[C@H](CN(Cc1ccccc1)Cc1ccccc1)OC(=O)c1ccccc1F. The maximum atomic E-state index is 13.8. The van der Waals surface area contributed by atoms with Gasteiger partial charge in [0.1, 0.15) is 11.9 Å². The highest BCUT2D eigenvalue weighted by Gasteiger charge is 2.18. The Labute approximate surface area is 165 Å². The maximum Gasteiger partial charge on any atom is 0.341 e. The average Bonchev–Trinajstić information content (AvgIpc) is 2.69. The van der Waals surface area contributed by atoms with E-state index in [1.165, 1.54) is 23.3 Å². The van der Waals surface area contributed by atoms with E-state index in [-0.39, 0.29) is 11.7 Å². The first kappa shape index (κ1) is 19.8. The fourth-order valence-corrected chi connectivity index (χ4v) is 3.14. The number of benzene rings is 3. The quantitative estimate of drug-likeness (QED) is 0.513. The topological polar surface area (TPSA) is 29.5 Å². The number of hydrogen-bond donors (Lipinski definition) is 0. The maximum absolute atomic E-state index is 13.8. The van der Waals surface area contributed by atoms with E-state index < -0.39 is 11.8 Å². The second kappa shape index (κ2) is 9.81. The van der Waals surface area contributed by atoms with Gasteiger partial charge in [-0.3, -0.25) is 4.90 Å². The van der Waals surface area contributed by atoms with Crippen molar-refractivity contribution in [2.75, 3.05) is 6.54 Å². The molecule has 0 fully saturated rings. The number of nitrogens with zero attached hydrogens (tertiary/aromatic N) is 1. The van der Waals surface area contributed by atoms with E-state index in [4.69, 9.17) is 4.74 Å². The third kappa shape index (κ3) is 5.76. The van der Waals surface area contributed by atoms with Crippen molar-refractivity contribution in [3.63, 3.8) is 0 Å². The fourth-order valence-electron chi connectivity index (χ4n) is 3.14. The third-order valence-corrected chi connectivity index (χ3v) is 4.42. The van der Waals surface area contributed by atoms with Gasteiger partial charge in [-0.15, -0.1) is 0 Å². The van der Waals surface area contributed by atoms with Gasteiger partial charge in [-0.25, -0.2) is 9.18 Å². The molecule has 3 aromatic carbocycles. The molecule has 28 heavy (non-hydrogen) atoms. The van der Waals surface area contributed by atoms with E-state index in [1.54, 1.807) is 12.1 Å². The first-order valence-corrected chi connectivity index (χ1v) is 9.37. The molecule has 0 aromatic heterocycles. The minimum Gasteiger partial charge on any atom is -0.458 e. The Morgan fingerprint density at radius 1 is 0.857 bits per heavy atom. The zero-order valence-electron chi connectivity index (χ0n) is 15.9. The van der Waals surface area contributed by atoms with Crippen molar-refractivity contribution in [1.82, 2.24) is 4.90 Å². The molecule has 0 unspecified atom stereocenters. The van der Waals surface area contributed by atoms with E-state index in [9.17, 15) is 9.18 Å². The first-order valence-electron chi connectivity index (χ1n) is 9.37. The molecule has 3 nitrogen and oxygen atoms in total. The second-order valence-corrected chi connectivity index (χ2v) is 6.84. The van der Waals surface area contributed by atoms with Crippen LogP contribution in [-0.2, 0) is 17.8 Å². The minimum absolute atomic E-state index is 0.0352. The van der Waals surface area contributed by atoms with Crippen LogP contribution in [0.15, 0.2) is 84.9 Å². The van der Waals surface area contributed by atoms with Crippen molar-refractivity contribution in [2.45, 2.75) is 26.1 Å². The average molecular weight is 377 g/mol. The zero-order chi connectivity index (χ0) is 19.8. The molecular formula is C24H24FNO2. The Bertz CT molecular complexity index is 842. The molecule has 0 radical (unpaired) electrons. The Morgan fingerprint density at radius 3 is 1.89 bits per heavy atom. The van der Waals surface area contributed by atoms with Gasteiger partial charge in [0.05, 0.1) is 5.56 Å². The van der Waals surface area contributed by atoms with Crippen LogP contribution in [0.1, 0.15) is 28.4 Å². The highest BCUT2D eigenvalue weighted by atomic mass is 19.1. The Morgan fingerprint density at radius 2 is 1.36 bits per heavy atom. The molecule has 0 aliphatic heterocycles. The lowest BCUT2D eigenvalue weighted by atomic mass is 10.1. The van der Waals surface area contributed by atoms with Crippen molar-refractivity contribution in [1.29, 1.82) is 0 Å². The van der Waals surface area contributed by atoms with E-state index in [0.29, 0.717) is 6.54 Å². The Balaban J connectivity index is 1.67. The molecule has 0 aliphatic rings. The van der Waals surface area contributed by atoms with Crippen LogP contribution in [0.3, 0.4) is 0 Å². The van der Waals surface area contributed by atoms with Crippen molar-refractivity contribution >= 4 is 5.97 Å². The molecule has 4 heteroatoms. The summed E-state index contributed by atoms with van der Waals surface area (Å²) in [7, 11) is 0. The normalized spacial score (nSPS) is 12.0. The Hall–Kier alpha value is -2.98. The summed E-state index contributed by atoms with van der Waals surface area (Å²) in [6.45, 7) is 3.85. The summed E-state index contributed by atoms with van der Waals surface area (Å²) < 4.78 is 19.3. The monoisotopic (exact) mass is 377 g/mol. The molecule has 144 valence electrons. The molecule has 0 bridgehead atoms. The summed E-state index contributed by atoms with van der Waals surface area (Å²) in [4.78, 5) is 14.5. The van der Waals surface area contributed by atoms with Gasteiger partial charge in [0.15, 0.2) is 0 Å². The fraction of sp³-hybridized carbons (Fsp3) is 0.208. The summed E-state index contributed by atoms with van der Waals surface area (Å²) in [6.07, 6.45) is -0.375. The smallest absolute Gasteiger partial charge is 0.341 e. The van der Waals surface area contributed by atoms with Gasteiger partial charge in [-0.2, -0.15) is 0 Å². The summed E-state index contributed by atoms with van der Waals surface area (Å²) in [5.74, 6) is -1.20. The van der Waals surface area contributed by atoms with E-state index in [0.717, 1.165) is 13.1 Å². The van der Waals surface area contributed by atoms with E-state index in [1.807, 2.05) is 43.3 Å². The summed E-state index contributed by atoms with van der Waals surface area (Å²) in [6, 6.07) is 26.2. The number of halogens is 1. The van der Waals surface area contributed by atoms with Gasteiger partial charge in [-0.05, 0) is 30.2 Å². The molecule has 0 N–H and O–H groups in total. The van der Waals surface area contributed by atoms with Gasteiger partial charge in [0.25, 0.3) is 0 Å². The van der Waals surface area contributed by atoms with Crippen molar-refractivity contribution < 1.29 is 13.9 Å². The number of rotatable bonds is 8. The molecular weight excluding hydrogens is 353 g/mol. The highest BCUT2D eigenvalue weighted by molar-refractivity contribution is 5.89. The van der Waals surface area contributed by atoms with E-state index in [2.05, 4.69) is 29.2 Å². The predicted octanol–water partition coefficient (Wildman–Crippen LogP) is 5.07. The number of esters is 1. The van der Waals surface area contributed by atoms with Crippen molar-refractivity contribution in [3.8, 4) is 0 Å². The molecule has 0 saturated heterocycles. The highest BCUT2D eigenvalue weighted by Crippen LogP contribution is 2.14. The van der Waals surface area contributed by atoms with E-state index >= 15 is 0 Å². The number of hydrogen-bond acceptors (Lipinski definition) is 3. The Kier molecular flexibility index (Phi) is 6.93. The van der Waals surface area contributed by atoms with Crippen LogP contribution in [0.25, 0.3) is 0 Å². The van der Waals surface area contributed by atoms with Crippen LogP contribution >= 0.6 is 0 Å². The largest absolute Gasteiger partial charge is 0.458 e. The van der Waals surface area contributed by atoms with Gasteiger partial charge >= 0.3 is 5.97 Å². The van der Waals surface area contributed by atoms with Gasteiger partial charge in [0.2, 0.25) is 0 Å². The first-order chi connectivity index (χ1) is 13.6. The minimum atomic E-state index is -0.634. The zero-order valence-corrected chi connectivity index (χ0v) is 15.9. The van der Waals surface area contributed by atoms with Crippen LogP contribution < -0.4 is 0 Å². The van der Waals surface area contributed by atoms with Crippen LogP contribution in [-0.4, -0.2) is 23.5 Å². The predicted molar refractivity (Wildman–Crippen MR) is 108 cm³/mol. The standard InChI is InChI=1S/C24H24FNO2/c1-19(28-24(27)22-14-8-9-15-23(22)25)16-26(17-20-10-4-2-5-11-20)18-21-12-6-3-7-13-21/h2-15,19H,16-18H2,1H3/t19-/m1/s1. The van der Waals surface area contributed by atoms with Crippen LogP contribution in [0.5, 0.6) is 0 Å². The molecule has 1 atom stereocenters. The molecule has 0 aliphatic carbocycles. The van der Waals surface area contributed by atoms with Gasteiger partial charge < -0.3 is 4.74 Å². The number of carbonyl (C=O) groups excluding carboxylic acids is 1. The van der Waals surface area contributed by atoms with Gasteiger partial charge in [0, 0.05) is 19.6 Å². The molecule has 3 aromatic rings. The third-order valence-electron chi connectivity index (χ3n) is 4.42. The molecule has 0 spiro atoms. The summed E-state index contributed by atoms with van der Waals surface area (Å²) in [5.41, 5.74) is 2.34. The number of carbonyl (C=O) groups is 1. The molecule has 0 amide bonds. The lowest BCUT2D eigenvalue weighted by Gasteiger charge is -2.26. The van der Waals surface area contributed by atoms with Crippen LogP contribution in [0, 0.1) is 5.82 Å². The number of ether oxygens (including phenoxy) is 1. The lowest BCUT2D eigenvalue weighted by Crippen LogP contribution is -2.33. The summed E-state index contributed by atoms with van der Waals surface area (Å²) >= 11 is 0. The van der Waals surface area contributed by atoms with Crippen molar-refractivity contribution in [3.05, 3.63) is 107 Å². The molecule has 0 saturated carbocycles. The van der Waals surface area contributed by atoms with Crippen LogP contribution in [0.4, 0.5) is 4.39 Å². The second-order valence-electron chi connectivity index (χ2n) is 6.84. The van der Waals surface area contributed by atoms with Crippen molar-refractivity contribution in [2.24, 2.45) is 0 Å². The molecule has 3 rings (SSSR count). The lowest BCUT2D eigenvalue weighted by molar-refractivity contribution is 0.0232. The van der Waals surface area contributed by atoms with Gasteiger partial charge in [-0.1, -0.05) is 72.8 Å². The summed E-state index contributed by atoms with van der Waals surface area (Å²) in [5, 5.41) is 0. The molecule has 0 heterocycles. The van der Waals surface area contributed by atoms with Crippen LogP contribution in [0.2, 0.25) is 0 Å².